The van der Waals surface area contributed by atoms with Gasteiger partial charge in [-0.25, -0.2) is 4.98 Å². The Morgan fingerprint density at radius 1 is 0.848 bits per heavy atom. The van der Waals surface area contributed by atoms with Crippen LogP contribution in [0.3, 0.4) is 0 Å². The second-order valence-electron chi connectivity index (χ2n) is 9.00. The SMILES string of the molecule is COc1ccc2cc(-c3ccc(Nc4nc(NC(C)(C)C)c5[nH]cnc5n4)cc3)ccc2c1. The second-order valence-corrected chi connectivity index (χ2v) is 9.00. The van der Waals surface area contributed by atoms with Crippen LogP contribution in [-0.4, -0.2) is 32.6 Å². The molecule has 3 aromatic carbocycles. The van der Waals surface area contributed by atoms with E-state index >= 15 is 0 Å². The predicted octanol–water partition coefficient (Wildman–Crippen LogP) is 6.14. The summed E-state index contributed by atoms with van der Waals surface area (Å²) < 4.78 is 5.32. The molecule has 0 bridgehead atoms. The van der Waals surface area contributed by atoms with Gasteiger partial charge in [0, 0.05) is 11.2 Å². The number of nitrogens with zero attached hydrogens (tertiary/aromatic N) is 3. The van der Waals surface area contributed by atoms with Gasteiger partial charge >= 0.3 is 0 Å². The molecule has 0 fully saturated rings. The Hall–Kier alpha value is -4.13. The van der Waals surface area contributed by atoms with Gasteiger partial charge < -0.3 is 20.4 Å². The summed E-state index contributed by atoms with van der Waals surface area (Å²) in [5.74, 6) is 2.08. The smallest absolute Gasteiger partial charge is 0.231 e. The lowest BCUT2D eigenvalue weighted by atomic mass is 10.0. The number of ether oxygens (including phenoxy) is 1. The van der Waals surface area contributed by atoms with E-state index < -0.39 is 0 Å². The molecule has 0 radical (unpaired) electrons. The highest BCUT2D eigenvalue weighted by Crippen LogP contribution is 2.29. The van der Waals surface area contributed by atoms with Gasteiger partial charge in [0.1, 0.15) is 11.3 Å². The minimum Gasteiger partial charge on any atom is -0.497 e. The van der Waals surface area contributed by atoms with Gasteiger partial charge in [0.2, 0.25) is 5.95 Å². The number of hydrogen-bond acceptors (Lipinski definition) is 6. The Balaban J connectivity index is 1.40. The normalized spacial score (nSPS) is 11.6. The summed E-state index contributed by atoms with van der Waals surface area (Å²) in [6.45, 7) is 6.27. The average molecular weight is 439 g/mol. The number of fused-ring (bicyclic) bond motifs is 2. The minimum atomic E-state index is -0.143. The summed E-state index contributed by atoms with van der Waals surface area (Å²) in [4.78, 5) is 16.6. The fourth-order valence-electron chi connectivity index (χ4n) is 3.74. The van der Waals surface area contributed by atoms with Crippen molar-refractivity contribution in [2.75, 3.05) is 17.7 Å². The number of rotatable bonds is 5. The minimum absolute atomic E-state index is 0.143. The van der Waals surface area contributed by atoms with Crippen LogP contribution in [0.4, 0.5) is 17.5 Å². The van der Waals surface area contributed by atoms with E-state index in [1.807, 2.05) is 24.3 Å². The Bertz CT molecular complexity index is 1430. The van der Waals surface area contributed by atoms with Crippen molar-refractivity contribution >= 4 is 39.4 Å². The quantitative estimate of drug-likeness (QED) is 0.306. The lowest BCUT2D eigenvalue weighted by Gasteiger charge is -2.21. The zero-order chi connectivity index (χ0) is 23.0. The molecule has 0 aliphatic carbocycles. The third-order valence-electron chi connectivity index (χ3n) is 5.30. The lowest BCUT2D eigenvalue weighted by molar-refractivity contribution is 0.415. The van der Waals surface area contributed by atoms with Gasteiger partial charge in [-0.3, -0.25) is 0 Å². The van der Waals surface area contributed by atoms with Crippen molar-refractivity contribution in [2.24, 2.45) is 0 Å². The Morgan fingerprint density at radius 3 is 2.33 bits per heavy atom. The monoisotopic (exact) mass is 438 g/mol. The Kier molecular flexibility index (Phi) is 5.09. The van der Waals surface area contributed by atoms with E-state index in [9.17, 15) is 0 Å². The van der Waals surface area contributed by atoms with Crippen molar-refractivity contribution in [3.05, 3.63) is 67.0 Å². The number of benzene rings is 3. The summed E-state index contributed by atoms with van der Waals surface area (Å²) in [5.41, 5.74) is 4.46. The molecule has 0 aliphatic heterocycles. The number of aromatic nitrogens is 4. The molecular formula is C26H26N6O. The number of methoxy groups -OCH3 is 1. The van der Waals surface area contributed by atoms with Crippen LogP contribution in [0, 0.1) is 0 Å². The summed E-state index contributed by atoms with van der Waals surface area (Å²) in [6, 6.07) is 20.8. The van der Waals surface area contributed by atoms with Gasteiger partial charge in [-0.05, 0) is 73.0 Å². The first kappa shape index (κ1) is 20.8. The highest BCUT2D eigenvalue weighted by atomic mass is 16.5. The topological polar surface area (TPSA) is 87.8 Å². The molecule has 5 rings (SSSR count). The van der Waals surface area contributed by atoms with Crippen molar-refractivity contribution in [2.45, 2.75) is 26.3 Å². The first-order chi connectivity index (χ1) is 15.9. The van der Waals surface area contributed by atoms with Crippen molar-refractivity contribution in [1.29, 1.82) is 0 Å². The number of nitrogens with one attached hydrogen (secondary N) is 3. The molecule has 0 atom stereocenters. The molecule has 0 spiro atoms. The van der Waals surface area contributed by atoms with E-state index in [0.717, 1.165) is 39.3 Å². The van der Waals surface area contributed by atoms with Crippen molar-refractivity contribution in [1.82, 2.24) is 19.9 Å². The molecule has 7 heteroatoms. The molecule has 0 saturated carbocycles. The first-order valence-corrected chi connectivity index (χ1v) is 10.8. The number of hydrogen-bond donors (Lipinski definition) is 3. The van der Waals surface area contributed by atoms with Gasteiger partial charge in [0.15, 0.2) is 11.5 Å². The zero-order valence-corrected chi connectivity index (χ0v) is 19.1. The standard InChI is InChI=1S/C26H26N6O/c1-26(2,3)32-24-22-23(28-15-27-22)30-25(31-24)29-20-10-7-16(8-11-20)17-5-6-19-14-21(33-4)12-9-18(19)13-17/h5-15H,1-4H3,(H3,27,28,29,30,31,32). The molecule has 3 N–H and O–H groups in total. The number of imidazole rings is 1. The van der Waals surface area contributed by atoms with E-state index in [-0.39, 0.29) is 5.54 Å². The molecule has 2 heterocycles. The van der Waals surface area contributed by atoms with Crippen LogP contribution in [0.1, 0.15) is 20.8 Å². The van der Waals surface area contributed by atoms with Crippen molar-refractivity contribution in [3.63, 3.8) is 0 Å². The number of aromatic amines is 1. The summed E-state index contributed by atoms with van der Waals surface area (Å²) in [6.07, 6.45) is 1.63. The first-order valence-electron chi connectivity index (χ1n) is 10.8. The van der Waals surface area contributed by atoms with Crippen molar-refractivity contribution < 1.29 is 4.74 Å². The predicted molar refractivity (Wildman–Crippen MR) is 134 cm³/mol. The molecule has 0 amide bonds. The van der Waals surface area contributed by atoms with Crippen LogP contribution >= 0.6 is 0 Å². The summed E-state index contributed by atoms with van der Waals surface area (Å²) >= 11 is 0. The highest BCUT2D eigenvalue weighted by molar-refractivity contribution is 5.88. The lowest BCUT2D eigenvalue weighted by Crippen LogP contribution is -2.27. The third kappa shape index (κ3) is 4.43. The molecule has 2 aromatic heterocycles. The van der Waals surface area contributed by atoms with Crippen LogP contribution in [0.2, 0.25) is 0 Å². The maximum absolute atomic E-state index is 5.32. The van der Waals surface area contributed by atoms with Gasteiger partial charge in [-0.2, -0.15) is 9.97 Å². The van der Waals surface area contributed by atoms with E-state index in [2.05, 4.69) is 87.7 Å². The van der Waals surface area contributed by atoms with Gasteiger partial charge in [0.25, 0.3) is 0 Å². The Labute approximate surface area is 192 Å². The fraction of sp³-hybridized carbons (Fsp3) is 0.192. The van der Waals surface area contributed by atoms with E-state index in [1.54, 1.807) is 13.4 Å². The van der Waals surface area contributed by atoms with Crippen LogP contribution in [0.25, 0.3) is 33.1 Å². The molecule has 7 nitrogen and oxygen atoms in total. The zero-order valence-electron chi connectivity index (χ0n) is 19.1. The second kappa shape index (κ2) is 8.09. The largest absolute Gasteiger partial charge is 0.497 e. The average Bonchev–Trinajstić information content (AvgIpc) is 3.27. The van der Waals surface area contributed by atoms with E-state index in [0.29, 0.717) is 11.6 Å². The molecule has 0 aliphatic rings. The molecule has 33 heavy (non-hydrogen) atoms. The Morgan fingerprint density at radius 2 is 1.58 bits per heavy atom. The van der Waals surface area contributed by atoms with Crippen LogP contribution in [0.5, 0.6) is 5.75 Å². The van der Waals surface area contributed by atoms with Gasteiger partial charge in [-0.15, -0.1) is 0 Å². The molecule has 0 unspecified atom stereocenters. The molecule has 5 aromatic rings. The van der Waals surface area contributed by atoms with E-state index in [4.69, 9.17) is 4.74 Å². The molecule has 0 saturated heterocycles. The summed E-state index contributed by atoms with van der Waals surface area (Å²) in [5, 5.41) is 9.05. The van der Waals surface area contributed by atoms with Crippen LogP contribution in [-0.2, 0) is 0 Å². The maximum atomic E-state index is 5.32. The molecule has 166 valence electrons. The summed E-state index contributed by atoms with van der Waals surface area (Å²) in [7, 11) is 1.69. The number of H-pyrrole nitrogens is 1. The maximum Gasteiger partial charge on any atom is 0.231 e. The van der Waals surface area contributed by atoms with Gasteiger partial charge in [-0.1, -0.05) is 30.3 Å². The highest BCUT2D eigenvalue weighted by Gasteiger charge is 2.16. The van der Waals surface area contributed by atoms with Crippen LogP contribution in [0.15, 0.2) is 67.0 Å². The molecular weight excluding hydrogens is 412 g/mol. The number of anilines is 3. The van der Waals surface area contributed by atoms with Gasteiger partial charge in [0.05, 0.1) is 13.4 Å². The van der Waals surface area contributed by atoms with E-state index in [1.165, 1.54) is 5.39 Å². The van der Waals surface area contributed by atoms with Crippen LogP contribution < -0.4 is 15.4 Å². The van der Waals surface area contributed by atoms with Crippen molar-refractivity contribution in [3.8, 4) is 16.9 Å². The fourth-order valence-corrected chi connectivity index (χ4v) is 3.74. The third-order valence-corrected chi connectivity index (χ3v) is 5.30.